The normalized spacial score (nSPS) is 13.9. The van der Waals surface area contributed by atoms with Crippen LogP contribution in [0.4, 0.5) is 17.2 Å². The smallest absolute Gasteiger partial charge is 0.266 e. The van der Waals surface area contributed by atoms with Crippen LogP contribution in [0.2, 0.25) is 0 Å². The number of carbonyl (C=O) groups excluding carboxylic acids is 1. The predicted octanol–water partition coefficient (Wildman–Crippen LogP) is 4.90. The summed E-state index contributed by atoms with van der Waals surface area (Å²) < 4.78 is 5.27. The summed E-state index contributed by atoms with van der Waals surface area (Å²) in [5.74, 6) is 1.66. The number of aryl methyl sites for hydroxylation is 2. The van der Waals surface area contributed by atoms with Crippen LogP contribution in [-0.2, 0) is 0 Å². The third kappa shape index (κ3) is 4.28. The van der Waals surface area contributed by atoms with Crippen molar-refractivity contribution in [3.8, 4) is 5.75 Å². The maximum absolute atomic E-state index is 13.0. The lowest BCUT2D eigenvalue weighted by atomic mass is 10.1. The topological polar surface area (TPSA) is 70.6 Å². The highest BCUT2D eigenvalue weighted by Gasteiger charge is 2.24. The summed E-state index contributed by atoms with van der Waals surface area (Å²) >= 11 is 1.42. The SMILES string of the molecule is COc1ccc(N2CCN(c3ncnc4sc(C(=O)Nc5ccc(C)cc5)c(C)c34)CC2)cc1. The number of carbonyl (C=O) groups is 1. The zero-order valence-corrected chi connectivity index (χ0v) is 20.4. The molecule has 4 aromatic rings. The van der Waals surface area contributed by atoms with Crippen LogP contribution in [-0.4, -0.2) is 49.2 Å². The van der Waals surface area contributed by atoms with Crippen LogP contribution in [0, 0.1) is 13.8 Å². The number of nitrogens with one attached hydrogen (secondary N) is 1. The van der Waals surface area contributed by atoms with Gasteiger partial charge >= 0.3 is 0 Å². The highest BCUT2D eigenvalue weighted by Crippen LogP contribution is 2.36. The Kier molecular flexibility index (Phi) is 6.06. The standard InChI is InChI=1S/C26H27N5O2S/c1-17-4-6-19(7-5-17)29-25(32)23-18(2)22-24(27-16-28-26(22)34-23)31-14-12-30(13-15-31)20-8-10-21(33-3)11-9-20/h4-11,16H,12-15H2,1-3H3,(H,29,32). The molecule has 7 nitrogen and oxygen atoms in total. The van der Waals surface area contributed by atoms with E-state index in [0.29, 0.717) is 4.88 Å². The molecule has 8 heteroatoms. The maximum atomic E-state index is 13.0. The number of fused-ring (bicyclic) bond motifs is 1. The van der Waals surface area contributed by atoms with E-state index in [0.717, 1.165) is 64.8 Å². The molecule has 0 saturated carbocycles. The largest absolute Gasteiger partial charge is 0.497 e. The Balaban J connectivity index is 1.35. The van der Waals surface area contributed by atoms with Crippen LogP contribution in [0.1, 0.15) is 20.8 Å². The molecule has 0 atom stereocenters. The fourth-order valence-electron chi connectivity index (χ4n) is 4.30. The molecule has 2 aromatic carbocycles. The van der Waals surface area contributed by atoms with Gasteiger partial charge in [-0.15, -0.1) is 11.3 Å². The van der Waals surface area contributed by atoms with Gasteiger partial charge in [0.1, 0.15) is 22.7 Å². The van der Waals surface area contributed by atoms with Crippen LogP contribution < -0.4 is 19.9 Å². The van der Waals surface area contributed by atoms with Gasteiger partial charge in [0.2, 0.25) is 0 Å². The highest BCUT2D eigenvalue weighted by atomic mass is 32.1. The molecule has 5 rings (SSSR count). The van der Waals surface area contributed by atoms with Crippen molar-refractivity contribution in [2.24, 2.45) is 0 Å². The third-order valence-electron chi connectivity index (χ3n) is 6.24. The van der Waals surface area contributed by atoms with Crippen molar-refractivity contribution in [1.82, 2.24) is 9.97 Å². The van der Waals surface area contributed by atoms with Gasteiger partial charge in [-0.3, -0.25) is 4.79 Å². The number of piperazine rings is 1. The summed E-state index contributed by atoms with van der Waals surface area (Å²) in [6, 6.07) is 16.0. The van der Waals surface area contributed by atoms with Crippen molar-refractivity contribution < 1.29 is 9.53 Å². The molecular weight excluding hydrogens is 446 g/mol. The average Bonchev–Trinajstić information content (AvgIpc) is 3.22. The van der Waals surface area contributed by atoms with Gasteiger partial charge < -0.3 is 19.9 Å². The zero-order chi connectivity index (χ0) is 23.7. The average molecular weight is 474 g/mol. The summed E-state index contributed by atoms with van der Waals surface area (Å²) in [4.78, 5) is 28.3. The van der Waals surface area contributed by atoms with E-state index in [-0.39, 0.29) is 5.91 Å². The maximum Gasteiger partial charge on any atom is 0.266 e. The molecule has 1 aliphatic heterocycles. The molecule has 1 N–H and O–H groups in total. The predicted molar refractivity (Wildman–Crippen MR) is 139 cm³/mol. The molecule has 1 amide bonds. The quantitative estimate of drug-likeness (QED) is 0.445. The Hall–Kier alpha value is -3.65. The second-order valence-corrected chi connectivity index (χ2v) is 9.42. The number of ether oxygens (including phenoxy) is 1. The van der Waals surface area contributed by atoms with Gasteiger partial charge in [0, 0.05) is 37.6 Å². The first-order valence-corrected chi connectivity index (χ1v) is 12.1. The lowest BCUT2D eigenvalue weighted by molar-refractivity contribution is 0.103. The summed E-state index contributed by atoms with van der Waals surface area (Å²) in [7, 11) is 1.68. The van der Waals surface area contributed by atoms with E-state index in [4.69, 9.17) is 4.74 Å². The molecule has 1 fully saturated rings. The van der Waals surface area contributed by atoms with E-state index in [1.807, 2.05) is 50.2 Å². The summed E-state index contributed by atoms with van der Waals surface area (Å²) in [6.45, 7) is 7.49. The van der Waals surface area contributed by atoms with Gasteiger partial charge in [0.05, 0.1) is 17.4 Å². The van der Waals surface area contributed by atoms with E-state index in [1.165, 1.54) is 17.0 Å². The van der Waals surface area contributed by atoms with Crippen molar-refractivity contribution in [1.29, 1.82) is 0 Å². The molecule has 0 aliphatic carbocycles. The number of hydrogen-bond acceptors (Lipinski definition) is 7. The van der Waals surface area contributed by atoms with E-state index in [9.17, 15) is 4.79 Å². The summed E-state index contributed by atoms with van der Waals surface area (Å²) in [5.41, 5.74) is 4.06. The Labute approximate surface area is 203 Å². The Morgan fingerprint density at radius 1 is 0.941 bits per heavy atom. The minimum atomic E-state index is -0.111. The Morgan fingerprint density at radius 3 is 2.29 bits per heavy atom. The first kappa shape index (κ1) is 22.2. The van der Waals surface area contributed by atoms with Crippen LogP contribution in [0.5, 0.6) is 5.75 Å². The molecule has 0 bridgehead atoms. The van der Waals surface area contributed by atoms with Gasteiger partial charge in [0.25, 0.3) is 5.91 Å². The molecule has 1 aliphatic rings. The van der Waals surface area contributed by atoms with E-state index < -0.39 is 0 Å². The number of hydrogen-bond donors (Lipinski definition) is 1. The molecule has 34 heavy (non-hydrogen) atoms. The first-order valence-electron chi connectivity index (χ1n) is 11.3. The minimum Gasteiger partial charge on any atom is -0.497 e. The van der Waals surface area contributed by atoms with E-state index >= 15 is 0 Å². The van der Waals surface area contributed by atoms with E-state index in [1.54, 1.807) is 13.4 Å². The lowest BCUT2D eigenvalue weighted by Gasteiger charge is -2.37. The van der Waals surface area contributed by atoms with Gasteiger partial charge in [-0.2, -0.15) is 0 Å². The fourth-order valence-corrected chi connectivity index (χ4v) is 5.34. The molecule has 0 radical (unpaired) electrons. The second-order valence-electron chi connectivity index (χ2n) is 8.43. The number of methoxy groups -OCH3 is 1. The van der Waals surface area contributed by atoms with Crippen LogP contribution in [0.15, 0.2) is 54.9 Å². The number of anilines is 3. The van der Waals surface area contributed by atoms with Crippen LogP contribution >= 0.6 is 11.3 Å². The Morgan fingerprint density at radius 2 is 1.62 bits per heavy atom. The van der Waals surface area contributed by atoms with Gasteiger partial charge in [-0.25, -0.2) is 9.97 Å². The van der Waals surface area contributed by atoms with Crippen LogP contribution in [0.3, 0.4) is 0 Å². The van der Waals surface area contributed by atoms with Crippen molar-refractivity contribution in [3.05, 3.63) is 70.9 Å². The number of amides is 1. The molecule has 1 saturated heterocycles. The fraction of sp³-hybridized carbons (Fsp3) is 0.269. The minimum absolute atomic E-state index is 0.111. The number of thiophene rings is 1. The van der Waals surface area contributed by atoms with Gasteiger partial charge in [-0.05, 0) is 55.8 Å². The highest BCUT2D eigenvalue weighted by molar-refractivity contribution is 7.20. The Bertz CT molecular complexity index is 1310. The molecule has 0 unspecified atom stereocenters. The van der Waals surface area contributed by atoms with Crippen LogP contribution in [0.25, 0.3) is 10.2 Å². The second kappa shape index (κ2) is 9.30. The lowest BCUT2D eigenvalue weighted by Crippen LogP contribution is -2.46. The molecule has 2 aromatic heterocycles. The van der Waals surface area contributed by atoms with Gasteiger partial charge in [0.15, 0.2) is 0 Å². The molecular formula is C26H27N5O2S. The van der Waals surface area contributed by atoms with Gasteiger partial charge in [-0.1, -0.05) is 17.7 Å². The third-order valence-corrected chi connectivity index (χ3v) is 7.44. The van der Waals surface area contributed by atoms with E-state index in [2.05, 4.69) is 37.2 Å². The van der Waals surface area contributed by atoms with Crippen molar-refractivity contribution >= 4 is 44.7 Å². The van der Waals surface area contributed by atoms with Crippen molar-refractivity contribution in [2.45, 2.75) is 13.8 Å². The zero-order valence-electron chi connectivity index (χ0n) is 19.5. The summed E-state index contributed by atoms with van der Waals surface area (Å²) in [6.07, 6.45) is 1.60. The number of aromatic nitrogens is 2. The molecule has 0 spiro atoms. The van der Waals surface area contributed by atoms with Crippen molar-refractivity contribution in [2.75, 3.05) is 48.4 Å². The monoisotopic (exact) mass is 473 g/mol. The number of nitrogens with zero attached hydrogens (tertiary/aromatic N) is 4. The number of benzene rings is 2. The molecule has 174 valence electrons. The number of rotatable bonds is 5. The molecule has 3 heterocycles. The van der Waals surface area contributed by atoms with Crippen molar-refractivity contribution in [3.63, 3.8) is 0 Å². The first-order chi connectivity index (χ1) is 16.5. The summed E-state index contributed by atoms with van der Waals surface area (Å²) in [5, 5.41) is 3.98.